The molecule has 1 aromatic heterocycles. The number of nitrogen functional groups attached to an aromatic ring is 1. The fourth-order valence-corrected chi connectivity index (χ4v) is 0.882. The second-order valence-electron chi connectivity index (χ2n) is 2.19. The number of nitrogens with two attached hydrogens (primary N) is 1. The lowest BCUT2D eigenvalue weighted by Crippen LogP contribution is -2.01. The number of ether oxygens (including phenoxy) is 1. The molecular formula is C8H8ClN3O. The summed E-state index contributed by atoms with van der Waals surface area (Å²) in [6, 6.07) is 1.48. The van der Waals surface area contributed by atoms with Gasteiger partial charge in [0.2, 0.25) is 11.8 Å². The first-order chi connectivity index (χ1) is 6.22. The highest BCUT2D eigenvalue weighted by Crippen LogP contribution is 2.14. The van der Waals surface area contributed by atoms with Crippen LogP contribution >= 0.6 is 11.6 Å². The van der Waals surface area contributed by atoms with Gasteiger partial charge >= 0.3 is 0 Å². The molecule has 0 saturated heterocycles. The predicted molar refractivity (Wildman–Crippen MR) is 50.4 cm³/mol. The molecule has 0 saturated carbocycles. The standard InChI is InChI=1S/C8H8ClN3O/c1-2-3-4-13-7-5-6(9)11-8(10)12-7/h1,5H,3-4H2,(H2,10,11,12). The highest BCUT2D eigenvalue weighted by Gasteiger charge is 2.00. The molecule has 68 valence electrons. The molecule has 0 aliphatic carbocycles. The van der Waals surface area contributed by atoms with Gasteiger partial charge in [-0.2, -0.15) is 4.98 Å². The van der Waals surface area contributed by atoms with Crippen molar-refractivity contribution in [1.29, 1.82) is 0 Å². The van der Waals surface area contributed by atoms with Crippen LogP contribution in [0, 0.1) is 12.3 Å². The molecule has 0 fully saturated rings. The van der Waals surface area contributed by atoms with Crippen molar-refractivity contribution in [3.8, 4) is 18.2 Å². The molecule has 0 bridgehead atoms. The van der Waals surface area contributed by atoms with Crippen LogP contribution in [-0.4, -0.2) is 16.6 Å². The first-order valence-electron chi connectivity index (χ1n) is 3.58. The summed E-state index contributed by atoms with van der Waals surface area (Å²) in [6.45, 7) is 0.392. The quantitative estimate of drug-likeness (QED) is 0.448. The van der Waals surface area contributed by atoms with Crippen molar-refractivity contribution in [3.05, 3.63) is 11.2 Å². The minimum Gasteiger partial charge on any atom is -0.476 e. The predicted octanol–water partition coefficient (Wildman–Crippen LogP) is 1.11. The smallest absolute Gasteiger partial charge is 0.224 e. The number of aromatic nitrogens is 2. The fraction of sp³-hybridized carbons (Fsp3) is 0.250. The summed E-state index contributed by atoms with van der Waals surface area (Å²) >= 11 is 5.61. The maximum Gasteiger partial charge on any atom is 0.224 e. The summed E-state index contributed by atoms with van der Waals surface area (Å²) < 4.78 is 5.15. The van der Waals surface area contributed by atoms with E-state index in [9.17, 15) is 0 Å². The average molecular weight is 198 g/mol. The number of rotatable bonds is 3. The van der Waals surface area contributed by atoms with Crippen molar-refractivity contribution in [3.63, 3.8) is 0 Å². The Balaban J connectivity index is 2.62. The van der Waals surface area contributed by atoms with E-state index in [1.54, 1.807) is 0 Å². The first kappa shape index (κ1) is 9.62. The second-order valence-corrected chi connectivity index (χ2v) is 2.58. The number of nitrogens with zero attached hydrogens (tertiary/aromatic N) is 2. The van der Waals surface area contributed by atoms with E-state index < -0.39 is 0 Å². The third-order valence-corrected chi connectivity index (χ3v) is 1.38. The largest absolute Gasteiger partial charge is 0.476 e. The zero-order valence-electron chi connectivity index (χ0n) is 6.83. The van der Waals surface area contributed by atoms with Crippen molar-refractivity contribution < 1.29 is 4.74 Å². The van der Waals surface area contributed by atoms with Crippen molar-refractivity contribution >= 4 is 17.5 Å². The molecular weight excluding hydrogens is 190 g/mol. The minimum atomic E-state index is 0.0863. The van der Waals surface area contributed by atoms with Gasteiger partial charge in [0.05, 0.1) is 0 Å². The average Bonchev–Trinajstić information content (AvgIpc) is 2.03. The van der Waals surface area contributed by atoms with Gasteiger partial charge < -0.3 is 10.5 Å². The van der Waals surface area contributed by atoms with Gasteiger partial charge in [-0.05, 0) is 0 Å². The van der Waals surface area contributed by atoms with Crippen LogP contribution in [0.15, 0.2) is 6.07 Å². The molecule has 0 spiro atoms. The molecule has 2 N–H and O–H groups in total. The molecule has 0 atom stereocenters. The third kappa shape index (κ3) is 3.18. The summed E-state index contributed by atoms with van der Waals surface area (Å²) in [5.74, 6) is 2.86. The van der Waals surface area contributed by atoms with Gasteiger partial charge in [-0.1, -0.05) is 11.6 Å². The monoisotopic (exact) mass is 197 g/mol. The molecule has 0 aliphatic rings. The summed E-state index contributed by atoms with van der Waals surface area (Å²) in [5, 5.41) is 0.253. The van der Waals surface area contributed by atoms with Gasteiger partial charge in [0.25, 0.3) is 0 Å². The van der Waals surface area contributed by atoms with Crippen molar-refractivity contribution in [2.75, 3.05) is 12.3 Å². The summed E-state index contributed by atoms with van der Waals surface area (Å²) in [5.41, 5.74) is 5.34. The van der Waals surface area contributed by atoms with Crippen LogP contribution in [0.1, 0.15) is 6.42 Å². The van der Waals surface area contributed by atoms with Crippen LogP contribution in [0.3, 0.4) is 0 Å². The zero-order chi connectivity index (χ0) is 9.68. The van der Waals surface area contributed by atoms with Crippen molar-refractivity contribution in [1.82, 2.24) is 9.97 Å². The Morgan fingerprint density at radius 1 is 1.62 bits per heavy atom. The van der Waals surface area contributed by atoms with Crippen LogP contribution in [0.25, 0.3) is 0 Å². The van der Waals surface area contributed by atoms with Gasteiger partial charge in [-0.25, -0.2) is 4.98 Å². The van der Waals surface area contributed by atoms with Crippen LogP contribution in [0.5, 0.6) is 5.88 Å². The van der Waals surface area contributed by atoms with E-state index in [0.29, 0.717) is 18.9 Å². The molecule has 0 amide bonds. The normalized spacial score (nSPS) is 9.23. The number of hydrogen-bond donors (Lipinski definition) is 1. The highest BCUT2D eigenvalue weighted by molar-refractivity contribution is 6.29. The molecule has 1 heterocycles. The lowest BCUT2D eigenvalue weighted by molar-refractivity contribution is 0.314. The molecule has 0 aromatic carbocycles. The molecule has 0 unspecified atom stereocenters. The maximum absolute atomic E-state index is 5.61. The Morgan fingerprint density at radius 2 is 2.38 bits per heavy atom. The van der Waals surface area contributed by atoms with Crippen molar-refractivity contribution in [2.45, 2.75) is 6.42 Å². The molecule has 1 rings (SSSR count). The topological polar surface area (TPSA) is 61.0 Å². The van der Waals surface area contributed by atoms with Crippen molar-refractivity contribution in [2.24, 2.45) is 0 Å². The lowest BCUT2D eigenvalue weighted by atomic mass is 10.5. The summed E-state index contributed by atoms with van der Waals surface area (Å²) in [4.78, 5) is 7.47. The number of terminal acetylenes is 1. The van der Waals surface area contributed by atoms with Gasteiger partial charge in [0.15, 0.2) is 0 Å². The molecule has 13 heavy (non-hydrogen) atoms. The van der Waals surface area contributed by atoms with E-state index in [4.69, 9.17) is 28.5 Å². The number of anilines is 1. The van der Waals surface area contributed by atoms with E-state index in [1.807, 2.05) is 0 Å². The maximum atomic E-state index is 5.61. The molecule has 1 aromatic rings. The lowest BCUT2D eigenvalue weighted by Gasteiger charge is -2.02. The number of halogens is 1. The Kier molecular flexibility index (Phi) is 3.35. The third-order valence-electron chi connectivity index (χ3n) is 1.19. The molecule has 0 aliphatic heterocycles. The second kappa shape index (κ2) is 4.53. The van der Waals surface area contributed by atoms with Gasteiger partial charge in [-0.15, -0.1) is 12.3 Å². The molecule has 0 radical (unpaired) electrons. The molecule has 5 heteroatoms. The van der Waals surface area contributed by atoms with E-state index in [0.717, 1.165) is 0 Å². The van der Waals surface area contributed by atoms with Crippen LogP contribution in [-0.2, 0) is 0 Å². The van der Waals surface area contributed by atoms with Crippen LogP contribution < -0.4 is 10.5 Å². The SMILES string of the molecule is C#CCCOc1cc(Cl)nc(N)n1. The van der Waals surface area contributed by atoms with E-state index >= 15 is 0 Å². The fourth-order valence-electron chi connectivity index (χ4n) is 0.702. The Hall–Kier alpha value is -1.47. The highest BCUT2D eigenvalue weighted by atomic mass is 35.5. The van der Waals surface area contributed by atoms with Crippen LogP contribution in [0.2, 0.25) is 5.15 Å². The Labute approximate surface area is 81.1 Å². The first-order valence-corrected chi connectivity index (χ1v) is 3.96. The minimum absolute atomic E-state index is 0.0863. The Morgan fingerprint density at radius 3 is 3.00 bits per heavy atom. The summed E-state index contributed by atoms with van der Waals surface area (Å²) in [7, 11) is 0. The Bertz CT molecular complexity index is 314. The van der Waals surface area contributed by atoms with Gasteiger partial charge in [0.1, 0.15) is 11.8 Å². The van der Waals surface area contributed by atoms with E-state index in [-0.39, 0.29) is 11.1 Å². The van der Waals surface area contributed by atoms with E-state index in [1.165, 1.54) is 6.07 Å². The summed E-state index contributed by atoms with van der Waals surface area (Å²) in [6.07, 6.45) is 5.55. The van der Waals surface area contributed by atoms with Gasteiger partial charge in [-0.3, -0.25) is 0 Å². The molecule has 4 nitrogen and oxygen atoms in total. The zero-order valence-corrected chi connectivity index (χ0v) is 7.58. The number of hydrogen-bond acceptors (Lipinski definition) is 4. The van der Waals surface area contributed by atoms with Gasteiger partial charge in [0, 0.05) is 12.5 Å². The van der Waals surface area contributed by atoms with Crippen LogP contribution in [0.4, 0.5) is 5.95 Å². The van der Waals surface area contributed by atoms with E-state index in [2.05, 4.69) is 15.9 Å².